The molecule has 2 atom stereocenters. The summed E-state index contributed by atoms with van der Waals surface area (Å²) in [6, 6.07) is 11.3. The zero-order valence-electron chi connectivity index (χ0n) is 19.4. The molecule has 7 nitrogen and oxygen atoms in total. The van der Waals surface area contributed by atoms with E-state index in [9.17, 15) is 32.7 Å². The lowest BCUT2D eigenvalue weighted by atomic mass is 9.78. The Balaban J connectivity index is 2.19. The number of benzene rings is 2. The van der Waals surface area contributed by atoms with Gasteiger partial charge in [0, 0.05) is 18.0 Å². The van der Waals surface area contributed by atoms with Crippen molar-refractivity contribution in [2.75, 3.05) is 13.2 Å². The van der Waals surface area contributed by atoms with Crippen LogP contribution in [-0.4, -0.2) is 42.5 Å². The van der Waals surface area contributed by atoms with Gasteiger partial charge < -0.3 is 19.9 Å². The third kappa shape index (κ3) is 8.62. The van der Waals surface area contributed by atoms with Crippen molar-refractivity contribution >= 4 is 17.8 Å². The van der Waals surface area contributed by atoms with Gasteiger partial charge in [-0.3, -0.25) is 14.4 Å². The quantitative estimate of drug-likeness (QED) is 0.401. The van der Waals surface area contributed by atoms with E-state index in [2.05, 4.69) is 10.1 Å². The number of ether oxygens (including phenoxy) is 2. The maximum atomic E-state index is 12.4. The van der Waals surface area contributed by atoms with Gasteiger partial charge in [-0.05, 0) is 48.7 Å². The van der Waals surface area contributed by atoms with Crippen LogP contribution in [0, 0.1) is 0 Å². The molecule has 35 heavy (non-hydrogen) atoms. The van der Waals surface area contributed by atoms with Crippen molar-refractivity contribution in [3.05, 3.63) is 65.2 Å². The maximum Gasteiger partial charge on any atom is 0.573 e. The van der Waals surface area contributed by atoms with Crippen LogP contribution in [0.1, 0.15) is 66.4 Å². The lowest BCUT2D eigenvalue weighted by molar-refractivity contribution is -0.274. The molecule has 0 heterocycles. The highest BCUT2D eigenvalue weighted by Gasteiger charge is 2.33. The lowest BCUT2D eigenvalue weighted by Crippen LogP contribution is -2.26. The molecular weight excluding hydrogens is 467 g/mol. The number of amides is 1. The Morgan fingerprint density at radius 2 is 1.57 bits per heavy atom. The van der Waals surface area contributed by atoms with Crippen LogP contribution in [0.2, 0.25) is 0 Å². The average molecular weight is 495 g/mol. The monoisotopic (exact) mass is 495 g/mol. The van der Waals surface area contributed by atoms with Gasteiger partial charge in [-0.15, -0.1) is 13.2 Å². The lowest BCUT2D eigenvalue weighted by Gasteiger charge is -2.25. The minimum absolute atomic E-state index is 0.0450. The number of carbonyl (C=O) groups excluding carboxylic acids is 2. The van der Waals surface area contributed by atoms with Crippen molar-refractivity contribution in [2.45, 2.75) is 51.3 Å². The summed E-state index contributed by atoms with van der Waals surface area (Å²) in [7, 11) is 0. The van der Waals surface area contributed by atoms with E-state index < -0.39 is 35.9 Å². The van der Waals surface area contributed by atoms with Gasteiger partial charge in [0.25, 0.3) is 5.91 Å². The molecule has 0 fully saturated rings. The second-order valence-electron chi connectivity index (χ2n) is 7.76. The molecule has 0 aliphatic heterocycles. The molecule has 0 aliphatic carbocycles. The summed E-state index contributed by atoms with van der Waals surface area (Å²) < 4.78 is 46.0. The van der Waals surface area contributed by atoms with Gasteiger partial charge >= 0.3 is 18.3 Å². The van der Waals surface area contributed by atoms with Crippen molar-refractivity contribution < 1.29 is 42.1 Å². The molecule has 0 unspecified atom stereocenters. The van der Waals surface area contributed by atoms with Crippen LogP contribution >= 0.6 is 0 Å². The largest absolute Gasteiger partial charge is 0.573 e. The van der Waals surface area contributed by atoms with Crippen molar-refractivity contribution in [1.29, 1.82) is 0 Å². The smallest absolute Gasteiger partial charge is 0.481 e. The van der Waals surface area contributed by atoms with Crippen LogP contribution in [0.25, 0.3) is 0 Å². The molecule has 1 amide bonds. The number of halogens is 3. The Hall–Kier alpha value is -3.56. The number of hydrogen-bond donors (Lipinski definition) is 2. The van der Waals surface area contributed by atoms with E-state index >= 15 is 0 Å². The van der Waals surface area contributed by atoms with Crippen molar-refractivity contribution in [3.8, 4) is 5.75 Å². The summed E-state index contributed by atoms with van der Waals surface area (Å²) in [5.74, 6) is -3.84. The van der Waals surface area contributed by atoms with Gasteiger partial charge in [0.05, 0.1) is 18.9 Å². The minimum Gasteiger partial charge on any atom is -0.481 e. The molecule has 190 valence electrons. The molecule has 0 saturated heterocycles. The third-order valence-corrected chi connectivity index (χ3v) is 5.26. The molecule has 2 aromatic carbocycles. The van der Waals surface area contributed by atoms with Crippen LogP contribution in [-0.2, 0) is 14.3 Å². The number of esters is 1. The molecule has 2 rings (SSSR count). The molecule has 0 radical (unpaired) electrons. The van der Waals surface area contributed by atoms with Crippen LogP contribution in [0.5, 0.6) is 5.75 Å². The van der Waals surface area contributed by atoms with E-state index in [1.807, 2.05) is 6.92 Å². The third-order valence-electron chi connectivity index (χ3n) is 5.26. The predicted molar refractivity (Wildman–Crippen MR) is 121 cm³/mol. The highest BCUT2D eigenvalue weighted by molar-refractivity contribution is 5.94. The first-order chi connectivity index (χ1) is 16.6. The van der Waals surface area contributed by atoms with Gasteiger partial charge in [-0.1, -0.05) is 37.6 Å². The molecule has 2 N–H and O–H groups in total. The number of hydrogen-bond acceptors (Lipinski definition) is 5. The molecule has 0 aromatic heterocycles. The van der Waals surface area contributed by atoms with Crippen LogP contribution in [0.15, 0.2) is 48.5 Å². The summed E-state index contributed by atoms with van der Waals surface area (Å²) in [6.07, 6.45) is -3.63. The standard InChI is InChI=1S/C25H28F3NO6/c1-3-5-20(22(24(32)33)17-10-12-19(13-11-17)35-25(26,27)28)16-6-8-18(9-7-16)23(31)29-15-14-21(30)34-4-2/h6-13,20,22H,3-5,14-15H2,1-2H3,(H,29,31)(H,32,33)/t20-,22-/m0/s1. The number of alkyl halides is 3. The molecule has 0 saturated carbocycles. The number of carbonyl (C=O) groups is 3. The number of carboxylic acid groups (broad SMARTS) is 1. The zero-order chi connectivity index (χ0) is 26.0. The molecule has 0 bridgehead atoms. The van der Waals surface area contributed by atoms with E-state index in [-0.39, 0.29) is 25.5 Å². The highest BCUT2D eigenvalue weighted by Crippen LogP contribution is 2.38. The molecule has 0 spiro atoms. The minimum atomic E-state index is -4.84. The van der Waals surface area contributed by atoms with E-state index in [1.54, 1.807) is 31.2 Å². The zero-order valence-corrected chi connectivity index (χ0v) is 19.4. The molecule has 0 aliphatic rings. The summed E-state index contributed by atoms with van der Waals surface area (Å²) in [5, 5.41) is 12.6. The Labute approximate surface area is 201 Å². The van der Waals surface area contributed by atoms with Crippen molar-refractivity contribution in [1.82, 2.24) is 5.32 Å². The second kappa shape index (κ2) is 12.8. The average Bonchev–Trinajstić information content (AvgIpc) is 2.79. The fraction of sp³-hybridized carbons (Fsp3) is 0.400. The number of aliphatic carboxylic acids is 1. The Kier molecular flexibility index (Phi) is 10.1. The first kappa shape index (κ1) is 27.7. The van der Waals surface area contributed by atoms with E-state index in [1.165, 1.54) is 12.1 Å². The van der Waals surface area contributed by atoms with Gasteiger partial charge in [0.2, 0.25) is 0 Å². The maximum absolute atomic E-state index is 12.4. The molecule has 10 heteroatoms. The fourth-order valence-corrected chi connectivity index (χ4v) is 3.76. The van der Waals surface area contributed by atoms with Gasteiger partial charge in [0.15, 0.2) is 0 Å². The highest BCUT2D eigenvalue weighted by atomic mass is 19.4. The Bertz CT molecular complexity index is 990. The molecule has 2 aromatic rings. The first-order valence-electron chi connectivity index (χ1n) is 11.2. The van der Waals surface area contributed by atoms with E-state index in [0.29, 0.717) is 29.5 Å². The summed E-state index contributed by atoms with van der Waals surface area (Å²) in [6.45, 7) is 3.97. The first-order valence-corrected chi connectivity index (χ1v) is 11.2. The van der Waals surface area contributed by atoms with E-state index in [0.717, 1.165) is 12.1 Å². The Morgan fingerprint density at radius 1 is 0.971 bits per heavy atom. The number of carboxylic acids is 1. The number of rotatable bonds is 12. The van der Waals surface area contributed by atoms with Crippen molar-refractivity contribution in [2.24, 2.45) is 0 Å². The second-order valence-corrected chi connectivity index (χ2v) is 7.76. The Morgan fingerprint density at radius 3 is 2.09 bits per heavy atom. The van der Waals surface area contributed by atoms with Gasteiger partial charge in [-0.2, -0.15) is 0 Å². The summed E-state index contributed by atoms with van der Waals surface area (Å²) in [4.78, 5) is 35.9. The summed E-state index contributed by atoms with van der Waals surface area (Å²) >= 11 is 0. The predicted octanol–water partition coefficient (Wildman–Crippen LogP) is 5.02. The fourth-order valence-electron chi connectivity index (χ4n) is 3.76. The molecular formula is C25H28F3NO6. The SMILES string of the molecule is CCC[C@@H](c1ccc(C(=O)NCCC(=O)OCC)cc1)[C@@H](C(=O)O)c1ccc(OC(F)(F)F)cc1. The van der Waals surface area contributed by atoms with Gasteiger partial charge in [0.1, 0.15) is 5.75 Å². The van der Waals surface area contributed by atoms with Crippen LogP contribution < -0.4 is 10.1 Å². The topological polar surface area (TPSA) is 102 Å². The van der Waals surface area contributed by atoms with Crippen molar-refractivity contribution in [3.63, 3.8) is 0 Å². The summed E-state index contributed by atoms with van der Waals surface area (Å²) in [5.41, 5.74) is 1.36. The van der Waals surface area contributed by atoms with Crippen LogP contribution in [0.3, 0.4) is 0 Å². The van der Waals surface area contributed by atoms with E-state index in [4.69, 9.17) is 4.74 Å². The normalized spacial score (nSPS) is 12.9. The number of nitrogens with one attached hydrogen (secondary N) is 1. The van der Waals surface area contributed by atoms with Crippen LogP contribution in [0.4, 0.5) is 13.2 Å². The van der Waals surface area contributed by atoms with Gasteiger partial charge in [-0.25, -0.2) is 0 Å².